The molecule has 2 unspecified atom stereocenters. The van der Waals surface area contributed by atoms with Crippen LogP contribution in [0.4, 0.5) is 0 Å². The maximum Gasteiger partial charge on any atom is 0.234 e. The van der Waals surface area contributed by atoms with Crippen LogP contribution in [0.15, 0.2) is 0 Å². The van der Waals surface area contributed by atoms with Crippen LogP contribution in [-0.4, -0.2) is 24.5 Å². The molecule has 2 aliphatic carbocycles. The Morgan fingerprint density at radius 1 is 1.06 bits per heavy atom. The minimum atomic E-state index is 0.197. The van der Waals surface area contributed by atoms with Crippen LogP contribution < -0.4 is 10.6 Å². The summed E-state index contributed by atoms with van der Waals surface area (Å²) < 4.78 is 0. The van der Waals surface area contributed by atoms with E-state index in [1.54, 1.807) is 0 Å². The molecule has 0 aromatic carbocycles. The van der Waals surface area contributed by atoms with Gasteiger partial charge in [-0.05, 0) is 31.6 Å². The van der Waals surface area contributed by atoms with Crippen molar-refractivity contribution in [3.05, 3.63) is 0 Å². The minimum absolute atomic E-state index is 0.197. The number of hydrogen-bond donors (Lipinski definition) is 2. The van der Waals surface area contributed by atoms with Gasteiger partial charge < -0.3 is 10.6 Å². The van der Waals surface area contributed by atoms with Gasteiger partial charge >= 0.3 is 0 Å². The Labute approximate surface area is 111 Å². The first-order valence-electron chi connectivity index (χ1n) is 7.82. The molecule has 1 amide bonds. The Morgan fingerprint density at radius 3 is 2.44 bits per heavy atom. The van der Waals surface area contributed by atoms with Crippen molar-refractivity contribution in [1.29, 1.82) is 0 Å². The zero-order chi connectivity index (χ0) is 12.8. The Hall–Kier alpha value is -0.570. The quantitative estimate of drug-likeness (QED) is 0.789. The molecule has 0 aromatic heterocycles. The molecule has 0 radical (unpaired) electrons. The topological polar surface area (TPSA) is 41.1 Å². The first-order valence-corrected chi connectivity index (χ1v) is 7.82. The van der Waals surface area contributed by atoms with Gasteiger partial charge in [0.1, 0.15) is 0 Å². The minimum Gasteiger partial charge on any atom is -0.352 e. The second-order valence-electron chi connectivity index (χ2n) is 5.99. The van der Waals surface area contributed by atoms with Crippen LogP contribution in [0.1, 0.15) is 64.7 Å². The van der Waals surface area contributed by atoms with E-state index in [-0.39, 0.29) is 5.91 Å². The lowest BCUT2D eigenvalue weighted by Crippen LogP contribution is -2.45. The summed E-state index contributed by atoms with van der Waals surface area (Å²) in [6.45, 7) is 2.78. The lowest BCUT2D eigenvalue weighted by molar-refractivity contribution is -0.121. The van der Waals surface area contributed by atoms with Crippen LogP contribution in [0, 0.1) is 5.92 Å². The van der Waals surface area contributed by atoms with Crippen molar-refractivity contribution in [2.24, 2.45) is 5.92 Å². The van der Waals surface area contributed by atoms with Gasteiger partial charge in [0.05, 0.1) is 6.54 Å². The Morgan fingerprint density at radius 2 is 1.72 bits per heavy atom. The first-order chi connectivity index (χ1) is 8.79. The fraction of sp³-hybridized carbons (Fsp3) is 0.933. The van der Waals surface area contributed by atoms with Crippen LogP contribution >= 0.6 is 0 Å². The molecule has 0 heterocycles. The molecule has 2 atom stereocenters. The number of carbonyl (C=O) groups excluding carboxylic acids is 1. The number of amides is 1. The normalized spacial score (nSPS) is 29.4. The molecule has 2 aliphatic rings. The highest BCUT2D eigenvalue weighted by Crippen LogP contribution is 2.26. The van der Waals surface area contributed by atoms with Crippen LogP contribution in [0.3, 0.4) is 0 Å². The SMILES string of the molecule is CCC1CCCCC1NCC(=O)NC1CCCC1. The number of rotatable bonds is 5. The predicted octanol–water partition coefficient (Wildman–Crippen LogP) is 2.60. The van der Waals surface area contributed by atoms with Crippen molar-refractivity contribution in [2.45, 2.75) is 76.8 Å². The summed E-state index contributed by atoms with van der Waals surface area (Å²) in [4.78, 5) is 11.9. The van der Waals surface area contributed by atoms with Gasteiger partial charge in [-0.15, -0.1) is 0 Å². The Bertz CT molecular complexity index is 261. The van der Waals surface area contributed by atoms with Crippen molar-refractivity contribution < 1.29 is 4.79 Å². The average molecular weight is 252 g/mol. The van der Waals surface area contributed by atoms with Crippen LogP contribution in [0.2, 0.25) is 0 Å². The van der Waals surface area contributed by atoms with Crippen molar-refractivity contribution in [1.82, 2.24) is 10.6 Å². The highest BCUT2D eigenvalue weighted by atomic mass is 16.1. The van der Waals surface area contributed by atoms with E-state index in [2.05, 4.69) is 17.6 Å². The zero-order valence-corrected chi connectivity index (χ0v) is 11.7. The largest absolute Gasteiger partial charge is 0.352 e. The maximum atomic E-state index is 11.9. The molecule has 2 N–H and O–H groups in total. The zero-order valence-electron chi connectivity index (χ0n) is 11.7. The van der Waals surface area contributed by atoms with E-state index in [0.717, 1.165) is 5.92 Å². The molecule has 2 fully saturated rings. The highest BCUT2D eigenvalue weighted by molar-refractivity contribution is 5.78. The van der Waals surface area contributed by atoms with Gasteiger partial charge in [-0.1, -0.05) is 39.0 Å². The molecule has 3 heteroatoms. The molecular weight excluding hydrogens is 224 g/mol. The standard InChI is InChI=1S/C15H28N2O/c1-2-12-7-3-6-10-14(12)16-11-15(18)17-13-8-4-5-9-13/h12-14,16H,2-11H2,1H3,(H,17,18). The third-order valence-corrected chi connectivity index (χ3v) is 4.68. The Balaban J connectivity index is 1.67. The maximum absolute atomic E-state index is 11.9. The van der Waals surface area contributed by atoms with Gasteiger partial charge in [0.2, 0.25) is 5.91 Å². The fourth-order valence-electron chi connectivity index (χ4n) is 3.54. The van der Waals surface area contributed by atoms with Gasteiger partial charge in [0, 0.05) is 12.1 Å². The summed E-state index contributed by atoms with van der Waals surface area (Å²) in [5, 5.41) is 6.63. The summed E-state index contributed by atoms with van der Waals surface area (Å²) in [5.41, 5.74) is 0. The van der Waals surface area contributed by atoms with E-state index >= 15 is 0 Å². The molecule has 2 rings (SSSR count). The Kier molecular flexibility index (Phi) is 5.48. The van der Waals surface area contributed by atoms with Crippen LogP contribution in [-0.2, 0) is 4.79 Å². The monoisotopic (exact) mass is 252 g/mol. The van der Waals surface area contributed by atoms with Crippen molar-refractivity contribution in [3.63, 3.8) is 0 Å². The number of hydrogen-bond acceptors (Lipinski definition) is 2. The third-order valence-electron chi connectivity index (χ3n) is 4.68. The van der Waals surface area contributed by atoms with E-state index in [1.165, 1.54) is 57.8 Å². The van der Waals surface area contributed by atoms with Gasteiger partial charge in [-0.2, -0.15) is 0 Å². The van der Waals surface area contributed by atoms with E-state index in [1.807, 2.05) is 0 Å². The van der Waals surface area contributed by atoms with Crippen LogP contribution in [0.25, 0.3) is 0 Å². The summed E-state index contributed by atoms with van der Waals surface area (Å²) >= 11 is 0. The van der Waals surface area contributed by atoms with Crippen molar-refractivity contribution >= 4 is 5.91 Å². The number of carbonyl (C=O) groups is 1. The van der Waals surface area contributed by atoms with E-state index in [0.29, 0.717) is 18.6 Å². The summed E-state index contributed by atoms with van der Waals surface area (Å²) in [6.07, 6.45) is 11.4. The molecule has 0 aliphatic heterocycles. The smallest absolute Gasteiger partial charge is 0.234 e. The van der Waals surface area contributed by atoms with E-state index < -0.39 is 0 Å². The molecule has 18 heavy (non-hydrogen) atoms. The second kappa shape index (κ2) is 7.13. The van der Waals surface area contributed by atoms with Gasteiger partial charge in [0.15, 0.2) is 0 Å². The van der Waals surface area contributed by atoms with Gasteiger partial charge in [-0.25, -0.2) is 0 Å². The lowest BCUT2D eigenvalue weighted by Gasteiger charge is -2.31. The summed E-state index contributed by atoms with van der Waals surface area (Å²) in [6, 6.07) is 1.02. The second-order valence-corrected chi connectivity index (χ2v) is 5.99. The van der Waals surface area contributed by atoms with Gasteiger partial charge in [0.25, 0.3) is 0 Å². The van der Waals surface area contributed by atoms with Crippen molar-refractivity contribution in [3.8, 4) is 0 Å². The molecule has 0 aromatic rings. The molecule has 0 saturated heterocycles. The molecule has 0 spiro atoms. The molecule has 3 nitrogen and oxygen atoms in total. The molecule has 2 saturated carbocycles. The van der Waals surface area contributed by atoms with E-state index in [4.69, 9.17) is 0 Å². The van der Waals surface area contributed by atoms with Crippen molar-refractivity contribution in [2.75, 3.05) is 6.54 Å². The summed E-state index contributed by atoms with van der Waals surface area (Å²) in [7, 11) is 0. The highest BCUT2D eigenvalue weighted by Gasteiger charge is 2.24. The molecule has 104 valence electrons. The molecule has 0 bridgehead atoms. The number of nitrogens with one attached hydrogen (secondary N) is 2. The summed E-state index contributed by atoms with van der Waals surface area (Å²) in [5.74, 6) is 0.973. The van der Waals surface area contributed by atoms with E-state index in [9.17, 15) is 4.79 Å². The average Bonchev–Trinajstić information content (AvgIpc) is 2.89. The van der Waals surface area contributed by atoms with Crippen LogP contribution in [0.5, 0.6) is 0 Å². The fourth-order valence-corrected chi connectivity index (χ4v) is 3.54. The third kappa shape index (κ3) is 3.98. The lowest BCUT2D eigenvalue weighted by atomic mass is 9.83. The molecular formula is C15H28N2O. The van der Waals surface area contributed by atoms with Gasteiger partial charge in [-0.3, -0.25) is 4.79 Å². The predicted molar refractivity (Wildman–Crippen MR) is 74.4 cm³/mol. The first kappa shape index (κ1) is 13.9.